The van der Waals surface area contributed by atoms with E-state index in [1.165, 1.54) is 13.0 Å². The van der Waals surface area contributed by atoms with Gasteiger partial charge in [0, 0.05) is 15.7 Å². The maximum atomic E-state index is 12.3. The van der Waals surface area contributed by atoms with Gasteiger partial charge in [0.2, 0.25) is 15.9 Å². The average Bonchev–Trinajstić information content (AvgIpc) is 2.51. The molecule has 25 heavy (non-hydrogen) atoms. The van der Waals surface area contributed by atoms with Crippen LogP contribution >= 0.6 is 15.9 Å². The molecule has 0 radical (unpaired) electrons. The average molecular weight is 425 g/mol. The molecule has 2 rings (SSSR count). The summed E-state index contributed by atoms with van der Waals surface area (Å²) in [5.74, 6) is -0.675. The molecule has 0 saturated heterocycles. The molecule has 0 aliphatic rings. The molecule has 1 amide bonds. The van der Waals surface area contributed by atoms with Gasteiger partial charge in [-0.1, -0.05) is 34.1 Å². The molecule has 2 aromatic carbocycles. The third-order valence-electron chi connectivity index (χ3n) is 3.34. The second kappa shape index (κ2) is 7.79. The number of amides is 1. The fraction of sp³-hybridized carbons (Fsp3) is 0.176. The van der Waals surface area contributed by atoms with Gasteiger partial charge in [-0.3, -0.25) is 13.9 Å². The van der Waals surface area contributed by atoms with Gasteiger partial charge in [-0.2, -0.15) is 0 Å². The van der Waals surface area contributed by atoms with Crippen LogP contribution in [0.2, 0.25) is 0 Å². The lowest BCUT2D eigenvalue weighted by Crippen LogP contribution is -2.37. The number of halogens is 1. The molecule has 0 bridgehead atoms. The van der Waals surface area contributed by atoms with Crippen molar-refractivity contribution in [2.24, 2.45) is 0 Å². The van der Waals surface area contributed by atoms with Gasteiger partial charge in [0.15, 0.2) is 5.78 Å². The fourth-order valence-electron chi connectivity index (χ4n) is 2.18. The van der Waals surface area contributed by atoms with E-state index in [0.29, 0.717) is 11.3 Å². The van der Waals surface area contributed by atoms with E-state index < -0.39 is 22.5 Å². The first-order valence-electron chi connectivity index (χ1n) is 7.31. The summed E-state index contributed by atoms with van der Waals surface area (Å²) in [6.07, 6.45) is 1.01. The molecule has 6 nitrogen and oxygen atoms in total. The van der Waals surface area contributed by atoms with E-state index in [1.807, 2.05) is 6.07 Å². The van der Waals surface area contributed by atoms with Crippen LogP contribution in [0.15, 0.2) is 53.0 Å². The minimum absolute atomic E-state index is 0.186. The summed E-state index contributed by atoms with van der Waals surface area (Å²) in [6.45, 7) is 0.997. The number of hydrogen-bond acceptors (Lipinski definition) is 4. The molecule has 2 aromatic rings. The molecule has 8 heteroatoms. The molecule has 0 aromatic heterocycles. The third-order valence-corrected chi connectivity index (χ3v) is 4.97. The second-order valence-corrected chi connectivity index (χ2v) is 8.26. The monoisotopic (exact) mass is 424 g/mol. The van der Waals surface area contributed by atoms with Crippen LogP contribution in [-0.2, 0) is 14.8 Å². The Balaban J connectivity index is 2.25. The van der Waals surface area contributed by atoms with E-state index in [-0.39, 0.29) is 11.5 Å². The zero-order chi connectivity index (χ0) is 18.6. The van der Waals surface area contributed by atoms with Crippen molar-refractivity contribution in [3.63, 3.8) is 0 Å². The molecule has 0 fully saturated rings. The first-order chi connectivity index (χ1) is 11.7. The maximum Gasteiger partial charge on any atom is 0.245 e. The number of Topliss-reactive ketones (excluding diaryl/α,β-unsaturated/α-hetero) is 1. The summed E-state index contributed by atoms with van der Waals surface area (Å²) in [4.78, 5) is 23.8. The molecule has 0 heterocycles. The highest BCUT2D eigenvalue weighted by molar-refractivity contribution is 9.10. The largest absolute Gasteiger partial charge is 0.324 e. The van der Waals surface area contributed by atoms with Crippen LogP contribution < -0.4 is 9.62 Å². The number of ketones is 1. The Kier molecular flexibility index (Phi) is 5.97. The predicted molar refractivity (Wildman–Crippen MR) is 101 cm³/mol. The first kappa shape index (κ1) is 19.1. The smallest absolute Gasteiger partial charge is 0.245 e. The standard InChI is InChI=1S/C17H17BrN2O4S/c1-12(21)13-5-3-8-16(9-13)20(25(2,23)24)11-17(22)19-15-7-4-6-14(18)10-15/h3-10H,11H2,1-2H3,(H,19,22). The van der Waals surface area contributed by atoms with Crippen LogP contribution in [0, 0.1) is 0 Å². The SMILES string of the molecule is CC(=O)c1cccc(N(CC(=O)Nc2cccc(Br)c2)S(C)(=O)=O)c1. The van der Waals surface area contributed by atoms with Crippen molar-refractivity contribution >= 4 is 49.0 Å². The van der Waals surface area contributed by atoms with Crippen molar-refractivity contribution in [3.8, 4) is 0 Å². The number of nitrogens with zero attached hydrogens (tertiary/aromatic N) is 1. The molecule has 0 spiro atoms. The van der Waals surface area contributed by atoms with Crippen LogP contribution in [0.25, 0.3) is 0 Å². The number of nitrogens with one attached hydrogen (secondary N) is 1. The Hall–Kier alpha value is -2.19. The van der Waals surface area contributed by atoms with Gasteiger partial charge in [-0.25, -0.2) is 8.42 Å². The van der Waals surface area contributed by atoms with E-state index >= 15 is 0 Å². The highest BCUT2D eigenvalue weighted by Crippen LogP contribution is 2.20. The van der Waals surface area contributed by atoms with Crippen molar-refractivity contribution in [2.45, 2.75) is 6.92 Å². The highest BCUT2D eigenvalue weighted by atomic mass is 79.9. The predicted octanol–water partition coefficient (Wildman–Crippen LogP) is 3.06. The number of anilines is 2. The third kappa shape index (κ3) is 5.40. The van der Waals surface area contributed by atoms with Crippen molar-refractivity contribution in [2.75, 3.05) is 22.4 Å². The zero-order valence-electron chi connectivity index (χ0n) is 13.7. The Labute approximate surface area is 155 Å². The lowest BCUT2D eigenvalue weighted by Gasteiger charge is -2.22. The molecule has 0 aliphatic heterocycles. The number of rotatable bonds is 6. The quantitative estimate of drug-likeness (QED) is 0.722. The normalized spacial score (nSPS) is 11.0. The van der Waals surface area contributed by atoms with Crippen LogP contribution in [0.5, 0.6) is 0 Å². The van der Waals surface area contributed by atoms with Gasteiger partial charge in [0.1, 0.15) is 6.54 Å². The van der Waals surface area contributed by atoms with E-state index in [4.69, 9.17) is 0 Å². The first-order valence-corrected chi connectivity index (χ1v) is 9.95. The number of sulfonamides is 1. The highest BCUT2D eigenvalue weighted by Gasteiger charge is 2.21. The molecule has 0 saturated carbocycles. The van der Waals surface area contributed by atoms with Gasteiger partial charge in [-0.15, -0.1) is 0 Å². The summed E-state index contributed by atoms with van der Waals surface area (Å²) in [7, 11) is -3.70. The van der Waals surface area contributed by atoms with E-state index in [9.17, 15) is 18.0 Å². The lowest BCUT2D eigenvalue weighted by atomic mass is 10.1. The Morgan fingerprint density at radius 2 is 1.80 bits per heavy atom. The summed E-state index contributed by atoms with van der Waals surface area (Å²) in [6, 6.07) is 13.1. The van der Waals surface area contributed by atoms with Gasteiger partial charge >= 0.3 is 0 Å². The molecule has 1 N–H and O–H groups in total. The van der Waals surface area contributed by atoms with Gasteiger partial charge in [0.25, 0.3) is 0 Å². The van der Waals surface area contributed by atoms with Crippen LogP contribution in [0.4, 0.5) is 11.4 Å². The summed E-state index contributed by atoms with van der Waals surface area (Å²) < 4.78 is 26.0. The second-order valence-electron chi connectivity index (χ2n) is 5.43. The summed E-state index contributed by atoms with van der Waals surface area (Å²) >= 11 is 3.30. The topological polar surface area (TPSA) is 83.6 Å². The molecule has 132 valence electrons. The van der Waals surface area contributed by atoms with Crippen LogP contribution in [0.3, 0.4) is 0 Å². The molecule has 0 aliphatic carbocycles. The fourth-order valence-corrected chi connectivity index (χ4v) is 3.42. The number of carbonyl (C=O) groups is 2. The molecular weight excluding hydrogens is 408 g/mol. The van der Waals surface area contributed by atoms with Gasteiger partial charge in [0.05, 0.1) is 11.9 Å². The summed E-state index contributed by atoms with van der Waals surface area (Å²) in [5.41, 5.74) is 1.18. The maximum absolute atomic E-state index is 12.3. The Bertz CT molecular complexity index is 912. The number of hydrogen-bond donors (Lipinski definition) is 1. The van der Waals surface area contributed by atoms with Crippen molar-refractivity contribution < 1.29 is 18.0 Å². The van der Waals surface area contributed by atoms with Gasteiger partial charge in [-0.05, 0) is 37.3 Å². The molecule has 0 unspecified atom stereocenters. The van der Waals surface area contributed by atoms with E-state index in [1.54, 1.807) is 36.4 Å². The zero-order valence-corrected chi connectivity index (χ0v) is 16.1. The minimum Gasteiger partial charge on any atom is -0.324 e. The summed E-state index contributed by atoms with van der Waals surface area (Å²) in [5, 5.41) is 2.65. The van der Waals surface area contributed by atoms with E-state index in [0.717, 1.165) is 15.0 Å². The van der Waals surface area contributed by atoms with E-state index in [2.05, 4.69) is 21.2 Å². The van der Waals surface area contributed by atoms with Crippen molar-refractivity contribution in [3.05, 3.63) is 58.6 Å². The number of carbonyl (C=O) groups excluding carboxylic acids is 2. The number of benzene rings is 2. The Morgan fingerprint density at radius 1 is 1.12 bits per heavy atom. The van der Waals surface area contributed by atoms with Crippen molar-refractivity contribution in [1.29, 1.82) is 0 Å². The van der Waals surface area contributed by atoms with Crippen LogP contribution in [0.1, 0.15) is 17.3 Å². The minimum atomic E-state index is -3.70. The Morgan fingerprint density at radius 3 is 2.40 bits per heavy atom. The van der Waals surface area contributed by atoms with Gasteiger partial charge < -0.3 is 5.32 Å². The molecular formula is C17H17BrN2O4S. The van der Waals surface area contributed by atoms with Crippen LogP contribution in [-0.4, -0.2) is 32.9 Å². The molecule has 0 atom stereocenters. The van der Waals surface area contributed by atoms with Crippen molar-refractivity contribution in [1.82, 2.24) is 0 Å². The lowest BCUT2D eigenvalue weighted by molar-refractivity contribution is -0.114.